The zero-order valence-corrected chi connectivity index (χ0v) is 26.3. The second-order valence-electron chi connectivity index (χ2n) is 7.97. The molecule has 0 bridgehead atoms. The number of rotatable bonds is 13. The Morgan fingerprint density at radius 2 is 0.947 bits per heavy atom. The maximum absolute atomic E-state index is 11.8. The Hall–Kier alpha value is -0.960. The number of hydrogen-bond donors (Lipinski definition) is 0. The van der Waals surface area contributed by atoms with E-state index >= 15 is 0 Å². The third-order valence-electron chi connectivity index (χ3n) is 5.22. The van der Waals surface area contributed by atoms with Crippen LogP contribution in [0.25, 0.3) is 0 Å². The van der Waals surface area contributed by atoms with Crippen LogP contribution in [-0.4, -0.2) is 82.1 Å². The minimum absolute atomic E-state index is 0. The van der Waals surface area contributed by atoms with E-state index in [1.54, 1.807) is 0 Å². The van der Waals surface area contributed by atoms with E-state index in [2.05, 4.69) is 9.68 Å². The normalized spacial score (nSPS) is 19.7. The van der Waals surface area contributed by atoms with Crippen LogP contribution in [0.15, 0.2) is 0 Å². The molecule has 2 unspecified atom stereocenters. The van der Waals surface area contributed by atoms with Gasteiger partial charge >= 0.3 is 71.1 Å². The smallest absolute Gasteiger partial charge is 0.747 e. The molecular weight excluding hydrogens is 578 g/mol. The minimum Gasteiger partial charge on any atom is -0.747 e. The molecule has 0 aromatic heterocycles. The van der Waals surface area contributed by atoms with Gasteiger partial charge < -0.3 is 18.8 Å². The van der Waals surface area contributed by atoms with Crippen molar-refractivity contribution in [3.05, 3.63) is 0 Å². The van der Waals surface area contributed by atoms with E-state index in [9.17, 15) is 54.7 Å². The van der Waals surface area contributed by atoms with E-state index in [0.717, 1.165) is 0 Å². The number of carbonyl (C=O) groups excluding carboxylic acids is 6. The van der Waals surface area contributed by atoms with Gasteiger partial charge in [-0.3, -0.25) is 19.2 Å². The summed E-state index contributed by atoms with van der Waals surface area (Å²) in [5.74, 6) is -6.94. The Balaban J connectivity index is 0.00000684. The molecule has 2 rings (SSSR count). The van der Waals surface area contributed by atoms with Gasteiger partial charge in [0.2, 0.25) is 0 Å². The fourth-order valence-electron chi connectivity index (χ4n) is 3.35. The van der Waals surface area contributed by atoms with Gasteiger partial charge in [-0.25, -0.2) is 26.4 Å². The molecule has 0 aromatic rings. The minimum atomic E-state index is -5.06. The van der Waals surface area contributed by atoms with Crippen LogP contribution in [0, 0.1) is 0 Å². The average Bonchev–Trinajstić information content (AvgIpc) is 3.20. The van der Waals surface area contributed by atoms with Crippen LogP contribution in [-0.2, 0) is 58.7 Å². The third kappa shape index (κ3) is 10.5. The Morgan fingerprint density at radius 1 is 0.658 bits per heavy atom. The quantitative estimate of drug-likeness (QED) is 0.0825. The number of carbonyl (C=O) groups is 6. The first-order chi connectivity index (χ1) is 16.6. The van der Waals surface area contributed by atoms with E-state index in [-0.39, 0.29) is 82.1 Å². The van der Waals surface area contributed by atoms with Crippen LogP contribution >= 0.6 is 0 Å². The topological polar surface area (TPSA) is 242 Å². The van der Waals surface area contributed by atoms with Gasteiger partial charge in [-0.15, -0.1) is 10.1 Å². The predicted octanol–water partition coefficient (Wildman–Crippen LogP) is -7.62. The molecule has 2 atom stereocenters. The van der Waals surface area contributed by atoms with Crippen molar-refractivity contribution >= 4 is 55.8 Å². The van der Waals surface area contributed by atoms with E-state index in [0.29, 0.717) is 38.5 Å². The van der Waals surface area contributed by atoms with Crippen molar-refractivity contribution in [2.75, 3.05) is 0 Å². The molecule has 16 nitrogen and oxygen atoms in total. The first-order valence-corrected chi connectivity index (χ1v) is 13.6. The first kappa shape index (κ1) is 37.0. The fraction of sp³-hybridized carbons (Fsp3) is 0.667. The Bertz CT molecular complexity index is 1070. The zero-order valence-electron chi connectivity index (χ0n) is 20.7. The van der Waals surface area contributed by atoms with Crippen LogP contribution in [0.2, 0.25) is 0 Å². The van der Waals surface area contributed by atoms with Gasteiger partial charge in [-0.05, 0) is 12.8 Å². The summed E-state index contributed by atoms with van der Waals surface area (Å²) in [6, 6.07) is 0. The molecule has 0 radical (unpaired) electrons. The molecule has 2 saturated heterocycles. The zero-order chi connectivity index (χ0) is 27.3. The second-order valence-corrected chi connectivity index (χ2v) is 11.1. The summed E-state index contributed by atoms with van der Waals surface area (Å²) in [5, 5.41) is -4.25. The van der Waals surface area contributed by atoms with E-state index in [4.69, 9.17) is 0 Å². The summed E-state index contributed by atoms with van der Waals surface area (Å²) < 4.78 is 65.7. The fourth-order valence-corrected chi connectivity index (χ4v) is 4.73. The van der Waals surface area contributed by atoms with Crippen molar-refractivity contribution in [3.8, 4) is 0 Å². The number of hydroxylamine groups is 4. The molecule has 2 aliphatic rings. The second kappa shape index (κ2) is 15.7. The maximum Gasteiger partial charge on any atom is 1.00 e. The summed E-state index contributed by atoms with van der Waals surface area (Å²) >= 11 is 0. The molecule has 2 fully saturated rings. The van der Waals surface area contributed by atoms with Gasteiger partial charge in [0.25, 0.3) is 23.6 Å². The largest absolute Gasteiger partial charge is 1.00 e. The van der Waals surface area contributed by atoms with Crippen LogP contribution in [0.4, 0.5) is 0 Å². The molecule has 0 aliphatic carbocycles. The SMILES string of the molecule is O=C(CCCCCCCCC(=O)ON1C(=O)CC(S(=O)(=O)[O-])C1=O)ON1C(=O)CC(S(=O)(=O)[O-])C1=O.[Na+].[Na+]. The molecule has 38 heavy (non-hydrogen) atoms. The molecule has 0 N–H and O–H groups in total. The third-order valence-corrected chi connectivity index (χ3v) is 7.35. The van der Waals surface area contributed by atoms with Gasteiger partial charge in [0.15, 0.2) is 0 Å². The van der Waals surface area contributed by atoms with Crippen LogP contribution in [0.1, 0.15) is 64.2 Å². The summed E-state index contributed by atoms with van der Waals surface area (Å²) in [4.78, 5) is 79.4. The van der Waals surface area contributed by atoms with Crippen LogP contribution in [0.5, 0.6) is 0 Å². The van der Waals surface area contributed by atoms with Crippen LogP contribution in [0.3, 0.4) is 0 Å². The maximum atomic E-state index is 11.8. The average molecular weight is 600 g/mol. The van der Waals surface area contributed by atoms with Gasteiger partial charge in [-0.1, -0.05) is 25.7 Å². The molecule has 2 heterocycles. The molecule has 2 aliphatic heterocycles. The van der Waals surface area contributed by atoms with Crippen molar-refractivity contribution in [1.29, 1.82) is 0 Å². The number of amides is 4. The number of hydrogen-bond acceptors (Lipinski definition) is 14. The molecule has 0 aromatic carbocycles. The van der Waals surface area contributed by atoms with Crippen molar-refractivity contribution in [2.24, 2.45) is 0 Å². The van der Waals surface area contributed by atoms with Crippen molar-refractivity contribution in [3.63, 3.8) is 0 Å². The Morgan fingerprint density at radius 3 is 1.21 bits per heavy atom. The van der Waals surface area contributed by atoms with Crippen LogP contribution < -0.4 is 59.1 Å². The molecule has 0 spiro atoms. The summed E-state index contributed by atoms with van der Waals surface area (Å²) in [6.07, 6.45) is 0.761. The van der Waals surface area contributed by atoms with Crippen molar-refractivity contribution in [2.45, 2.75) is 74.7 Å². The van der Waals surface area contributed by atoms with E-state index < -0.39 is 79.1 Å². The Kier molecular flexibility index (Phi) is 15.3. The van der Waals surface area contributed by atoms with Crippen molar-refractivity contribution < 1.29 is 123 Å². The van der Waals surface area contributed by atoms with E-state index in [1.165, 1.54) is 0 Å². The molecular formula is C18H22N2Na2O14S2. The van der Waals surface area contributed by atoms with Gasteiger partial charge in [-0.2, -0.15) is 0 Å². The molecule has 4 amide bonds. The summed E-state index contributed by atoms with van der Waals surface area (Å²) in [6.45, 7) is 0. The number of imide groups is 2. The Labute approximate surface area is 262 Å². The van der Waals surface area contributed by atoms with Gasteiger partial charge in [0, 0.05) is 12.8 Å². The standard InChI is InChI=1S/C18H24N2O14S2.2Na/c21-13-9-11(35(27,28)29)17(25)19(13)33-15(23)7-5-3-1-2-4-6-8-16(24)34-20-14(22)10-12(18(20)26)36(30,31)32;;/h11-12H,1-10H2,(H,27,28,29)(H,30,31,32);;/q;2*+1/p-2. The monoisotopic (exact) mass is 600 g/mol. The molecule has 202 valence electrons. The summed E-state index contributed by atoms with van der Waals surface area (Å²) in [5.41, 5.74) is 0. The first-order valence-electron chi connectivity index (χ1n) is 10.7. The van der Waals surface area contributed by atoms with Gasteiger partial charge in [0.05, 0.1) is 12.8 Å². The van der Waals surface area contributed by atoms with E-state index in [1.807, 2.05) is 0 Å². The summed E-state index contributed by atoms with van der Waals surface area (Å²) in [7, 11) is -10.1. The molecule has 20 heteroatoms. The molecule has 0 saturated carbocycles. The number of nitrogens with zero attached hydrogens (tertiary/aromatic N) is 2. The predicted molar refractivity (Wildman–Crippen MR) is 109 cm³/mol. The van der Waals surface area contributed by atoms with Gasteiger partial charge in [0.1, 0.15) is 30.7 Å². The number of unbranched alkanes of at least 4 members (excludes halogenated alkanes) is 5. The van der Waals surface area contributed by atoms with Crippen molar-refractivity contribution in [1.82, 2.24) is 10.1 Å².